The van der Waals surface area contributed by atoms with Gasteiger partial charge in [0.15, 0.2) is 0 Å². The van der Waals surface area contributed by atoms with Crippen molar-refractivity contribution in [3.63, 3.8) is 0 Å². The van der Waals surface area contributed by atoms with Gasteiger partial charge in [-0.2, -0.15) is 0 Å². The fourth-order valence-electron chi connectivity index (χ4n) is 3.35. The van der Waals surface area contributed by atoms with Crippen molar-refractivity contribution >= 4 is 39.0 Å². The molecule has 7 heteroatoms. The average molecular weight is 370 g/mol. The van der Waals surface area contributed by atoms with Gasteiger partial charge in [0.1, 0.15) is 22.3 Å². The van der Waals surface area contributed by atoms with Gasteiger partial charge in [-0.15, -0.1) is 11.3 Å². The summed E-state index contributed by atoms with van der Waals surface area (Å²) in [6.45, 7) is 5.76. The summed E-state index contributed by atoms with van der Waals surface area (Å²) in [6, 6.07) is 5.90. The predicted octanol–water partition coefficient (Wildman–Crippen LogP) is 4.30. The van der Waals surface area contributed by atoms with Gasteiger partial charge in [0, 0.05) is 18.8 Å². The molecule has 3 aromatic rings. The van der Waals surface area contributed by atoms with E-state index in [1.54, 1.807) is 12.1 Å². The van der Waals surface area contributed by atoms with Crippen LogP contribution in [0.4, 0.5) is 15.9 Å². The second-order valence-corrected chi connectivity index (χ2v) is 7.49. The third-order valence-corrected chi connectivity index (χ3v) is 5.76. The maximum atomic E-state index is 13.4. The van der Waals surface area contributed by atoms with E-state index >= 15 is 0 Å². The Bertz CT molecular complexity index is 995. The number of halogens is 1. The molecular weight excluding hydrogens is 351 g/mol. The molecule has 0 atom stereocenters. The number of hydrogen-bond donors (Lipinski definition) is 1. The van der Waals surface area contributed by atoms with Gasteiger partial charge in [0.2, 0.25) is 0 Å². The molecule has 1 aliphatic rings. The Morgan fingerprint density at radius 1 is 1.23 bits per heavy atom. The molecule has 1 N–H and O–H groups in total. The molecule has 1 aromatic carbocycles. The van der Waals surface area contributed by atoms with Crippen molar-refractivity contribution in [2.75, 3.05) is 23.3 Å². The standard InChI is InChI=1S/C19H19FN4OS/c1-11-15-17(24-8-3-4-9-24)21-12(2)22-19(15)26-16(11)18(25)23-14-7-5-6-13(20)10-14/h5-7,10H,3-4,8-9H2,1-2H3,(H,23,25). The van der Waals surface area contributed by atoms with Gasteiger partial charge in [-0.05, 0) is 50.5 Å². The highest BCUT2D eigenvalue weighted by atomic mass is 32.1. The Morgan fingerprint density at radius 2 is 2.00 bits per heavy atom. The molecule has 0 radical (unpaired) electrons. The van der Waals surface area contributed by atoms with Gasteiger partial charge in [0.25, 0.3) is 5.91 Å². The van der Waals surface area contributed by atoms with Crippen LogP contribution in [-0.2, 0) is 0 Å². The van der Waals surface area contributed by atoms with Gasteiger partial charge in [0.05, 0.1) is 10.3 Å². The van der Waals surface area contributed by atoms with E-state index in [9.17, 15) is 9.18 Å². The van der Waals surface area contributed by atoms with Gasteiger partial charge in [-0.1, -0.05) is 6.07 Å². The first kappa shape index (κ1) is 16.9. The van der Waals surface area contributed by atoms with Crippen molar-refractivity contribution in [2.45, 2.75) is 26.7 Å². The molecule has 134 valence electrons. The van der Waals surface area contributed by atoms with Crippen molar-refractivity contribution in [1.29, 1.82) is 0 Å². The van der Waals surface area contributed by atoms with Crippen LogP contribution in [-0.4, -0.2) is 29.0 Å². The van der Waals surface area contributed by atoms with E-state index in [1.165, 1.54) is 23.5 Å². The summed E-state index contributed by atoms with van der Waals surface area (Å²) < 4.78 is 13.4. The number of carbonyl (C=O) groups is 1. The number of fused-ring (bicyclic) bond motifs is 1. The molecule has 3 heterocycles. The Balaban J connectivity index is 1.75. The smallest absolute Gasteiger partial charge is 0.266 e. The van der Waals surface area contributed by atoms with E-state index in [1.807, 2.05) is 13.8 Å². The molecule has 1 fully saturated rings. The minimum atomic E-state index is -0.381. The fourth-order valence-corrected chi connectivity index (χ4v) is 4.47. The zero-order valence-electron chi connectivity index (χ0n) is 14.7. The van der Waals surface area contributed by atoms with Crippen LogP contribution in [0.25, 0.3) is 10.2 Å². The first-order valence-electron chi connectivity index (χ1n) is 8.62. The second kappa shape index (κ2) is 6.64. The fraction of sp³-hybridized carbons (Fsp3) is 0.316. The van der Waals surface area contributed by atoms with E-state index in [0.29, 0.717) is 16.4 Å². The number of aryl methyl sites for hydroxylation is 2. The minimum absolute atomic E-state index is 0.249. The average Bonchev–Trinajstić information content (AvgIpc) is 3.23. The van der Waals surface area contributed by atoms with Gasteiger partial charge < -0.3 is 10.2 Å². The molecular formula is C19H19FN4OS. The number of hydrogen-bond acceptors (Lipinski definition) is 5. The molecule has 1 aliphatic heterocycles. The van der Waals surface area contributed by atoms with Crippen LogP contribution in [0.15, 0.2) is 24.3 Å². The molecule has 0 saturated carbocycles. The Kier molecular flexibility index (Phi) is 4.32. The third kappa shape index (κ3) is 3.03. The number of nitrogens with one attached hydrogen (secondary N) is 1. The van der Waals surface area contributed by atoms with Crippen LogP contribution >= 0.6 is 11.3 Å². The van der Waals surface area contributed by atoms with Gasteiger partial charge in [-0.3, -0.25) is 4.79 Å². The van der Waals surface area contributed by atoms with Gasteiger partial charge >= 0.3 is 0 Å². The lowest BCUT2D eigenvalue weighted by molar-refractivity contribution is 0.103. The van der Waals surface area contributed by atoms with Crippen molar-refractivity contribution in [2.24, 2.45) is 0 Å². The van der Waals surface area contributed by atoms with Gasteiger partial charge in [-0.25, -0.2) is 14.4 Å². The van der Waals surface area contributed by atoms with E-state index in [-0.39, 0.29) is 11.7 Å². The monoisotopic (exact) mass is 370 g/mol. The Morgan fingerprint density at radius 3 is 2.73 bits per heavy atom. The van der Waals surface area contributed by atoms with E-state index in [2.05, 4.69) is 20.2 Å². The molecule has 2 aromatic heterocycles. The Labute approximate surface area is 154 Å². The zero-order valence-corrected chi connectivity index (χ0v) is 15.5. The van der Waals surface area contributed by atoms with Crippen LogP contribution in [0.2, 0.25) is 0 Å². The summed E-state index contributed by atoms with van der Waals surface area (Å²) in [5.74, 6) is 0.996. The van der Waals surface area contributed by atoms with Crippen LogP contribution in [0.5, 0.6) is 0 Å². The summed E-state index contributed by atoms with van der Waals surface area (Å²) in [7, 11) is 0. The molecule has 1 saturated heterocycles. The highest BCUT2D eigenvalue weighted by Gasteiger charge is 2.24. The van der Waals surface area contributed by atoms with Crippen molar-refractivity contribution < 1.29 is 9.18 Å². The number of aromatic nitrogens is 2. The largest absolute Gasteiger partial charge is 0.356 e. The molecule has 1 amide bonds. The molecule has 0 unspecified atom stereocenters. The summed E-state index contributed by atoms with van der Waals surface area (Å²) in [6.07, 6.45) is 2.31. The number of benzene rings is 1. The molecule has 0 bridgehead atoms. The molecule has 0 aliphatic carbocycles. The number of amides is 1. The maximum absolute atomic E-state index is 13.4. The Hall–Kier alpha value is -2.54. The lowest BCUT2D eigenvalue weighted by Gasteiger charge is -2.18. The highest BCUT2D eigenvalue weighted by molar-refractivity contribution is 7.20. The molecule has 4 rings (SSSR count). The van der Waals surface area contributed by atoms with E-state index in [0.717, 1.165) is 47.5 Å². The quantitative estimate of drug-likeness (QED) is 0.747. The lowest BCUT2D eigenvalue weighted by Crippen LogP contribution is -2.20. The first-order chi connectivity index (χ1) is 12.5. The van der Waals surface area contributed by atoms with Crippen LogP contribution in [0.1, 0.15) is 33.9 Å². The number of rotatable bonds is 3. The minimum Gasteiger partial charge on any atom is -0.356 e. The highest BCUT2D eigenvalue weighted by Crippen LogP contribution is 2.36. The molecule has 0 spiro atoms. The normalized spacial score (nSPS) is 14.2. The number of thiophene rings is 1. The molecule has 26 heavy (non-hydrogen) atoms. The summed E-state index contributed by atoms with van der Waals surface area (Å²) >= 11 is 1.36. The van der Waals surface area contributed by atoms with Crippen molar-refractivity contribution in [1.82, 2.24) is 9.97 Å². The maximum Gasteiger partial charge on any atom is 0.266 e. The van der Waals surface area contributed by atoms with Crippen LogP contribution in [0, 0.1) is 19.7 Å². The number of nitrogens with zero attached hydrogens (tertiary/aromatic N) is 3. The van der Waals surface area contributed by atoms with Crippen LogP contribution < -0.4 is 10.2 Å². The lowest BCUT2D eigenvalue weighted by atomic mass is 10.2. The number of anilines is 2. The SMILES string of the molecule is Cc1nc(N2CCCC2)c2c(C)c(C(=O)Nc3cccc(F)c3)sc2n1. The second-order valence-electron chi connectivity index (χ2n) is 6.49. The summed E-state index contributed by atoms with van der Waals surface area (Å²) in [5.41, 5.74) is 1.31. The van der Waals surface area contributed by atoms with E-state index in [4.69, 9.17) is 0 Å². The first-order valence-corrected chi connectivity index (χ1v) is 9.44. The predicted molar refractivity (Wildman–Crippen MR) is 103 cm³/mol. The zero-order chi connectivity index (χ0) is 18.3. The summed E-state index contributed by atoms with van der Waals surface area (Å²) in [4.78, 5) is 25.6. The van der Waals surface area contributed by atoms with Crippen molar-refractivity contribution in [3.05, 3.63) is 46.3 Å². The van der Waals surface area contributed by atoms with E-state index < -0.39 is 0 Å². The van der Waals surface area contributed by atoms with Crippen LogP contribution in [0.3, 0.4) is 0 Å². The molecule has 5 nitrogen and oxygen atoms in total. The third-order valence-electron chi connectivity index (χ3n) is 4.58. The number of carbonyl (C=O) groups excluding carboxylic acids is 1. The topological polar surface area (TPSA) is 58.1 Å². The van der Waals surface area contributed by atoms with Crippen molar-refractivity contribution in [3.8, 4) is 0 Å². The summed E-state index contributed by atoms with van der Waals surface area (Å²) in [5, 5.41) is 3.72.